The summed E-state index contributed by atoms with van der Waals surface area (Å²) in [4.78, 5) is 13.2. The highest BCUT2D eigenvalue weighted by Gasteiger charge is 2.16. The highest BCUT2D eigenvalue weighted by molar-refractivity contribution is 5.92. The predicted molar refractivity (Wildman–Crippen MR) is 51.4 cm³/mol. The van der Waals surface area contributed by atoms with E-state index >= 15 is 0 Å². The normalized spacial score (nSPS) is 16.2. The molecule has 0 radical (unpaired) electrons. The standard InChI is InChI=1S/C10H17NO2/c1-3-11(6-7-13-2)9-4-5-10(12)8-9/h8H,3-7H2,1-2H3. The van der Waals surface area contributed by atoms with E-state index in [1.165, 1.54) is 5.70 Å². The molecular formula is C10H17NO2. The van der Waals surface area contributed by atoms with E-state index in [1.807, 2.05) is 0 Å². The van der Waals surface area contributed by atoms with Gasteiger partial charge in [0.05, 0.1) is 6.61 Å². The fourth-order valence-electron chi connectivity index (χ4n) is 1.54. The van der Waals surface area contributed by atoms with Crippen LogP contribution in [0.5, 0.6) is 0 Å². The smallest absolute Gasteiger partial charge is 0.157 e. The Hall–Kier alpha value is -0.830. The molecule has 0 bridgehead atoms. The molecule has 0 aliphatic heterocycles. The summed E-state index contributed by atoms with van der Waals surface area (Å²) in [6.45, 7) is 4.65. The summed E-state index contributed by atoms with van der Waals surface area (Å²) in [7, 11) is 1.70. The Labute approximate surface area is 79.4 Å². The summed E-state index contributed by atoms with van der Waals surface area (Å²) < 4.78 is 5.01. The summed E-state index contributed by atoms with van der Waals surface area (Å²) >= 11 is 0. The molecule has 0 aromatic heterocycles. The third-order valence-electron chi connectivity index (χ3n) is 2.31. The van der Waals surface area contributed by atoms with Crippen molar-refractivity contribution in [3.63, 3.8) is 0 Å². The highest BCUT2D eigenvalue weighted by atomic mass is 16.5. The maximum atomic E-state index is 11.0. The second-order valence-corrected chi connectivity index (χ2v) is 3.17. The molecule has 1 aliphatic carbocycles. The van der Waals surface area contributed by atoms with Crippen LogP contribution in [0.1, 0.15) is 19.8 Å². The van der Waals surface area contributed by atoms with Crippen molar-refractivity contribution in [3.8, 4) is 0 Å². The van der Waals surface area contributed by atoms with Crippen LogP contribution in [0.25, 0.3) is 0 Å². The average molecular weight is 183 g/mol. The Balaban J connectivity index is 2.46. The fraction of sp³-hybridized carbons (Fsp3) is 0.700. The number of nitrogens with zero attached hydrogens (tertiary/aromatic N) is 1. The van der Waals surface area contributed by atoms with E-state index in [0.717, 1.165) is 26.1 Å². The minimum Gasteiger partial charge on any atom is -0.383 e. The third-order valence-corrected chi connectivity index (χ3v) is 2.31. The van der Waals surface area contributed by atoms with Gasteiger partial charge >= 0.3 is 0 Å². The zero-order valence-corrected chi connectivity index (χ0v) is 8.38. The van der Waals surface area contributed by atoms with Gasteiger partial charge < -0.3 is 9.64 Å². The number of hydrogen-bond donors (Lipinski definition) is 0. The zero-order chi connectivity index (χ0) is 9.68. The Morgan fingerprint density at radius 1 is 1.54 bits per heavy atom. The maximum absolute atomic E-state index is 11.0. The van der Waals surface area contributed by atoms with Crippen LogP contribution < -0.4 is 0 Å². The highest BCUT2D eigenvalue weighted by Crippen LogP contribution is 2.18. The lowest BCUT2D eigenvalue weighted by molar-refractivity contribution is -0.114. The number of likely N-dealkylation sites (N-methyl/N-ethyl adjacent to an activating group) is 1. The number of allylic oxidation sites excluding steroid dienone is 2. The van der Waals surface area contributed by atoms with Crippen LogP contribution in [-0.2, 0) is 9.53 Å². The molecule has 0 saturated carbocycles. The molecule has 0 aromatic rings. The van der Waals surface area contributed by atoms with Crippen molar-refractivity contribution in [1.29, 1.82) is 0 Å². The first kappa shape index (κ1) is 10.3. The molecule has 3 nitrogen and oxygen atoms in total. The molecule has 0 heterocycles. The van der Waals surface area contributed by atoms with E-state index in [-0.39, 0.29) is 5.78 Å². The molecule has 74 valence electrons. The largest absolute Gasteiger partial charge is 0.383 e. The van der Waals surface area contributed by atoms with Gasteiger partial charge in [-0.15, -0.1) is 0 Å². The quantitative estimate of drug-likeness (QED) is 0.641. The lowest BCUT2D eigenvalue weighted by atomic mass is 10.3. The van der Waals surface area contributed by atoms with Gasteiger partial charge in [0.1, 0.15) is 0 Å². The van der Waals surface area contributed by atoms with Crippen molar-refractivity contribution in [2.24, 2.45) is 0 Å². The number of carbonyl (C=O) groups excluding carboxylic acids is 1. The molecule has 13 heavy (non-hydrogen) atoms. The first-order chi connectivity index (χ1) is 6.27. The number of hydrogen-bond acceptors (Lipinski definition) is 3. The van der Waals surface area contributed by atoms with Crippen LogP contribution in [0.4, 0.5) is 0 Å². The van der Waals surface area contributed by atoms with E-state index in [1.54, 1.807) is 13.2 Å². The summed E-state index contributed by atoms with van der Waals surface area (Å²) in [5.74, 6) is 0.255. The molecule has 0 amide bonds. The lowest BCUT2D eigenvalue weighted by Crippen LogP contribution is -2.25. The van der Waals surface area contributed by atoms with E-state index in [4.69, 9.17) is 4.74 Å². The fourth-order valence-corrected chi connectivity index (χ4v) is 1.54. The molecule has 0 N–H and O–H groups in total. The Kier molecular flexibility index (Phi) is 3.96. The molecule has 0 saturated heterocycles. The Morgan fingerprint density at radius 3 is 2.77 bits per heavy atom. The maximum Gasteiger partial charge on any atom is 0.157 e. The van der Waals surface area contributed by atoms with Gasteiger partial charge in [-0.1, -0.05) is 0 Å². The van der Waals surface area contributed by atoms with Crippen LogP contribution in [-0.4, -0.2) is 37.5 Å². The lowest BCUT2D eigenvalue weighted by Gasteiger charge is -2.23. The van der Waals surface area contributed by atoms with Crippen molar-refractivity contribution in [2.45, 2.75) is 19.8 Å². The van der Waals surface area contributed by atoms with Crippen LogP contribution in [0.15, 0.2) is 11.8 Å². The van der Waals surface area contributed by atoms with Crippen LogP contribution in [0.3, 0.4) is 0 Å². The van der Waals surface area contributed by atoms with E-state index in [9.17, 15) is 4.79 Å². The Bertz CT molecular complexity index is 211. The molecule has 3 heteroatoms. The molecule has 0 unspecified atom stereocenters. The minimum atomic E-state index is 0.255. The number of methoxy groups -OCH3 is 1. The third kappa shape index (κ3) is 2.84. The second kappa shape index (κ2) is 5.02. The van der Waals surface area contributed by atoms with Gasteiger partial charge in [-0.05, 0) is 13.3 Å². The number of rotatable bonds is 5. The second-order valence-electron chi connectivity index (χ2n) is 3.17. The monoisotopic (exact) mass is 183 g/mol. The van der Waals surface area contributed by atoms with Gasteiger partial charge in [0.2, 0.25) is 0 Å². The van der Waals surface area contributed by atoms with E-state index in [0.29, 0.717) is 6.42 Å². The first-order valence-corrected chi connectivity index (χ1v) is 4.75. The number of carbonyl (C=O) groups is 1. The summed E-state index contributed by atoms with van der Waals surface area (Å²) in [5.41, 5.74) is 1.17. The minimum absolute atomic E-state index is 0.255. The van der Waals surface area contributed by atoms with Crippen LogP contribution in [0, 0.1) is 0 Å². The van der Waals surface area contributed by atoms with Gasteiger partial charge in [0.15, 0.2) is 5.78 Å². The van der Waals surface area contributed by atoms with Crippen molar-refractivity contribution in [2.75, 3.05) is 26.8 Å². The number of ketones is 1. The molecular weight excluding hydrogens is 166 g/mol. The van der Waals surface area contributed by atoms with Gasteiger partial charge in [0.25, 0.3) is 0 Å². The number of ether oxygens (including phenoxy) is 1. The topological polar surface area (TPSA) is 29.5 Å². The summed E-state index contributed by atoms with van der Waals surface area (Å²) in [5, 5.41) is 0. The van der Waals surface area contributed by atoms with Gasteiger partial charge in [-0.2, -0.15) is 0 Å². The molecule has 1 aliphatic rings. The van der Waals surface area contributed by atoms with Crippen molar-refractivity contribution in [3.05, 3.63) is 11.8 Å². The van der Waals surface area contributed by atoms with Crippen molar-refractivity contribution in [1.82, 2.24) is 4.90 Å². The van der Waals surface area contributed by atoms with Crippen molar-refractivity contribution < 1.29 is 9.53 Å². The Morgan fingerprint density at radius 2 is 2.31 bits per heavy atom. The summed E-state index contributed by atoms with van der Waals surface area (Å²) in [6, 6.07) is 0. The molecule has 0 atom stereocenters. The zero-order valence-electron chi connectivity index (χ0n) is 8.38. The van der Waals surface area contributed by atoms with E-state index < -0.39 is 0 Å². The molecule has 1 rings (SSSR count). The van der Waals surface area contributed by atoms with Gasteiger partial charge in [-0.25, -0.2) is 0 Å². The van der Waals surface area contributed by atoms with Crippen molar-refractivity contribution >= 4 is 5.78 Å². The molecule has 0 fully saturated rings. The van der Waals surface area contributed by atoms with Gasteiger partial charge in [0, 0.05) is 38.4 Å². The first-order valence-electron chi connectivity index (χ1n) is 4.75. The average Bonchev–Trinajstić information content (AvgIpc) is 2.54. The SMILES string of the molecule is CCN(CCOC)C1=CC(=O)CC1. The van der Waals surface area contributed by atoms with Gasteiger partial charge in [-0.3, -0.25) is 4.79 Å². The molecule has 0 aromatic carbocycles. The van der Waals surface area contributed by atoms with E-state index in [2.05, 4.69) is 11.8 Å². The van der Waals surface area contributed by atoms with Crippen LogP contribution in [0.2, 0.25) is 0 Å². The predicted octanol–water partition coefficient (Wildman–Crippen LogP) is 1.20. The van der Waals surface area contributed by atoms with Crippen LogP contribution >= 0.6 is 0 Å². The molecule has 0 spiro atoms. The summed E-state index contributed by atoms with van der Waals surface area (Å²) in [6.07, 6.45) is 3.34.